The van der Waals surface area contributed by atoms with E-state index in [4.69, 9.17) is 4.74 Å². The summed E-state index contributed by atoms with van der Waals surface area (Å²) in [7, 11) is 0. The largest absolute Gasteiger partial charge is 0.481 e. The van der Waals surface area contributed by atoms with E-state index in [9.17, 15) is 14.7 Å². The zero-order valence-corrected chi connectivity index (χ0v) is 15.1. The van der Waals surface area contributed by atoms with Crippen LogP contribution in [0.25, 0.3) is 0 Å². The van der Waals surface area contributed by atoms with Gasteiger partial charge < -0.3 is 14.8 Å². The first-order valence-electron chi connectivity index (χ1n) is 9.31. The second-order valence-electron chi connectivity index (χ2n) is 7.92. The van der Waals surface area contributed by atoms with Crippen molar-refractivity contribution in [1.29, 1.82) is 0 Å². The summed E-state index contributed by atoms with van der Waals surface area (Å²) in [6.45, 7) is 6.50. The molecule has 4 heterocycles. The molecule has 1 aromatic rings. The number of ether oxygens (including phenoxy) is 1. The Hall–Kier alpha value is -1.77. The summed E-state index contributed by atoms with van der Waals surface area (Å²) in [5, 5.41) is 10.0. The van der Waals surface area contributed by atoms with E-state index in [2.05, 4.69) is 19.8 Å². The summed E-state index contributed by atoms with van der Waals surface area (Å²) < 4.78 is 5.44. The number of nitrogens with one attached hydrogen (secondary N) is 1. The number of aliphatic carboxylic acids is 1. The first-order chi connectivity index (χ1) is 12.5. The Morgan fingerprint density at radius 3 is 2.81 bits per heavy atom. The molecular formula is C18H26N4O4. The van der Waals surface area contributed by atoms with E-state index in [0.29, 0.717) is 37.2 Å². The van der Waals surface area contributed by atoms with E-state index in [-0.39, 0.29) is 11.5 Å². The number of fused-ring (bicyclic) bond motifs is 1. The summed E-state index contributed by atoms with van der Waals surface area (Å²) in [6.07, 6.45) is 1.98. The van der Waals surface area contributed by atoms with Crippen molar-refractivity contribution >= 4 is 5.97 Å². The predicted octanol–water partition coefficient (Wildman–Crippen LogP) is 0.0757. The van der Waals surface area contributed by atoms with Crippen LogP contribution < -0.4 is 5.56 Å². The molecule has 3 fully saturated rings. The van der Waals surface area contributed by atoms with Crippen LogP contribution in [0.2, 0.25) is 0 Å². The molecule has 0 unspecified atom stereocenters. The van der Waals surface area contributed by atoms with Gasteiger partial charge >= 0.3 is 5.97 Å². The lowest BCUT2D eigenvalue weighted by molar-refractivity contribution is -0.149. The smallest absolute Gasteiger partial charge is 0.312 e. The quantitative estimate of drug-likeness (QED) is 0.782. The number of hydrogen-bond donors (Lipinski definition) is 2. The monoisotopic (exact) mass is 362 g/mol. The van der Waals surface area contributed by atoms with Crippen LogP contribution in [0.5, 0.6) is 0 Å². The molecule has 1 aromatic heterocycles. The predicted molar refractivity (Wildman–Crippen MR) is 93.8 cm³/mol. The summed E-state index contributed by atoms with van der Waals surface area (Å²) in [6, 6.07) is 1.94. The van der Waals surface area contributed by atoms with Crippen molar-refractivity contribution < 1.29 is 14.6 Å². The topological polar surface area (TPSA) is 98.8 Å². The minimum Gasteiger partial charge on any atom is -0.481 e. The molecule has 2 N–H and O–H groups in total. The van der Waals surface area contributed by atoms with E-state index in [1.165, 1.54) is 6.07 Å². The molecule has 0 radical (unpaired) electrons. The molecule has 0 saturated carbocycles. The van der Waals surface area contributed by atoms with E-state index in [1.54, 1.807) is 6.92 Å². The second-order valence-corrected chi connectivity index (χ2v) is 7.92. The Balaban J connectivity index is 1.48. The van der Waals surface area contributed by atoms with Gasteiger partial charge in [-0.15, -0.1) is 0 Å². The SMILES string of the molecule is Cc1nc(CN2C[C@H]3CN(C4CCOCC4)C[C@@]3(C(=O)O)C2)cc(=O)[nH]1. The fourth-order valence-electron chi connectivity index (χ4n) is 4.91. The van der Waals surface area contributed by atoms with Gasteiger partial charge in [-0.05, 0) is 19.8 Å². The fourth-order valence-corrected chi connectivity index (χ4v) is 4.91. The second kappa shape index (κ2) is 6.75. The number of likely N-dealkylation sites (tertiary alicyclic amines) is 2. The average Bonchev–Trinajstić information content (AvgIpc) is 3.09. The van der Waals surface area contributed by atoms with Crippen molar-refractivity contribution in [2.75, 3.05) is 39.4 Å². The van der Waals surface area contributed by atoms with Gasteiger partial charge in [0.05, 0.1) is 11.1 Å². The molecule has 4 rings (SSSR count). The highest BCUT2D eigenvalue weighted by Gasteiger charge is 2.58. The molecule has 3 aliphatic heterocycles. The maximum Gasteiger partial charge on any atom is 0.312 e. The van der Waals surface area contributed by atoms with E-state index in [1.807, 2.05) is 0 Å². The number of carbonyl (C=O) groups is 1. The molecule has 2 atom stereocenters. The Labute approximate surface area is 152 Å². The van der Waals surface area contributed by atoms with Crippen molar-refractivity contribution in [3.63, 3.8) is 0 Å². The molecule has 26 heavy (non-hydrogen) atoms. The van der Waals surface area contributed by atoms with Crippen molar-refractivity contribution in [2.24, 2.45) is 11.3 Å². The third-order valence-electron chi connectivity index (χ3n) is 6.14. The number of aromatic amines is 1. The van der Waals surface area contributed by atoms with Crippen LogP contribution in [0.15, 0.2) is 10.9 Å². The van der Waals surface area contributed by atoms with Crippen LogP contribution in [0.4, 0.5) is 0 Å². The molecule has 8 nitrogen and oxygen atoms in total. The summed E-state index contributed by atoms with van der Waals surface area (Å²) in [5.74, 6) is 0.00563. The minimum absolute atomic E-state index is 0.117. The lowest BCUT2D eigenvalue weighted by atomic mass is 9.81. The van der Waals surface area contributed by atoms with E-state index < -0.39 is 11.4 Å². The van der Waals surface area contributed by atoms with Gasteiger partial charge in [-0.1, -0.05) is 0 Å². The normalized spacial score (nSPS) is 30.6. The maximum atomic E-state index is 12.2. The van der Waals surface area contributed by atoms with Gasteiger partial charge in [0.25, 0.3) is 5.56 Å². The van der Waals surface area contributed by atoms with Gasteiger partial charge in [0, 0.05) is 64.0 Å². The van der Waals surface area contributed by atoms with Crippen LogP contribution >= 0.6 is 0 Å². The highest BCUT2D eigenvalue weighted by atomic mass is 16.5. The number of carboxylic acids is 1. The third kappa shape index (κ3) is 3.17. The first kappa shape index (κ1) is 17.6. The Morgan fingerprint density at radius 1 is 1.38 bits per heavy atom. The zero-order chi connectivity index (χ0) is 18.3. The first-order valence-corrected chi connectivity index (χ1v) is 9.31. The van der Waals surface area contributed by atoms with Crippen LogP contribution in [-0.2, 0) is 16.1 Å². The Kier molecular flexibility index (Phi) is 4.58. The van der Waals surface area contributed by atoms with Gasteiger partial charge in [-0.2, -0.15) is 0 Å². The van der Waals surface area contributed by atoms with E-state index in [0.717, 1.165) is 39.1 Å². The summed E-state index contributed by atoms with van der Waals surface area (Å²) in [4.78, 5) is 35.4. The minimum atomic E-state index is -0.714. The maximum absolute atomic E-state index is 12.2. The molecule has 0 bridgehead atoms. The number of hydrogen-bond acceptors (Lipinski definition) is 6. The van der Waals surface area contributed by atoms with Gasteiger partial charge in [0.1, 0.15) is 5.82 Å². The van der Waals surface area contributed by atoms with Gasteiger partial charge in [-0.25, -0.2) is 4.98 Å². The molecule has 3 aliphatic rings. The van der Waals surface area contributed by atoms with Gasteiger partial charge in [0.2, 0.25) is 0 Å². The summed E-state index contributed by atoms with van der Waals surface area (Å²) >= 11 is 0. The molecule has 0 aliphatic carbocycles. The average molecular weight is 362 g/mol. The zero-order valence-electron chi connectivity index (χ0n) is 15.1. The number of aromatic nitrogens is 2. The molecule has 0 spiro atoms. The van der Waals surface area contributed by atoms with Crippen molar-refractivity contribution in [3.05, 3.63) is 27.9 Å². The Bertz CT molecular complexity index is 745. The number of H-pyrrole nitrogens is 1. The molecule has 142 valence electrons. The Morgan fingerprint density at radius 2 is 2.15 bits per heavy atom. The lowest BCUT2D eigenvalue weighted by Gasteiger charge is -2.33. The van der Waals surface area contributed by atoms with Crippen molar-refractivity contribution in [2.45, 2.75) is 32.4 Å². The highest BCUT2D eigenvalue weighted by Crippen LogP contribution is 2.44. The van der Waals surface area contributed by atoms with Crippen LogP contribution in [0.3, 0.4) is 0 Å². The standard InChI is InChI=1S/C18H26N4O4/c1-12-19-14(6-16(23)20-12)9-21-7-13-8-22(15-2-4-26-5-3-15)11-18(13,10-21)17(24)25/h6,13,15H,2-5,7-11H2,1H3,(H,24,25)(H,19,20,23)/t13-,18-/m0/s1. The van der Waals surface area contributed by atoms with Crippen molar-refractivity contribution in [1.82, 2.24) is 19.8 Å². The van der Waals surface area contributed by atoms with Crippen LogP contribution in [-0.4, -0.2) is 76.3 Å². The molecule has 8 heteroatoms. The molecule has 3 saturated heterocycles. The summed E-state index contributed by atoms with van der Waals surface area (Å²) in [5.41, 5.74) is -0.173. The molecular weight excluding hydrogens is 336 g/mol. The highest BCUT2D eigenvalue weighted by molar-refractivity contribution is 5.77. The number of nitrogens with zero attached hydrogens (tertiary/aromatic N) is 3. The third-order valence-corrected chi connectivity index (χ3v) is 6.14. The van der Waals surface area contributed by atoms with Crippen LogP contribution in [0.1, 0.15) is 24.4 Å². The van der Waals surface area contributed by atoms with Gasteiger partial charge in [0.15, 0.2) is 0 Å². The molecule has 0 aromatic carbocycles. The number of carboxylic acid groups (broad SMARTS) is 1. The van der Waals surface area contributed by atoms with Crippen LogP contribution in [0, 0.1) is 18.3 Å². The molecule has 0 amide bonds. The number of aryl methyl sites for hydroxylation is 1. The van der Waals surface area contributed by atoms with Gasteiger partial charge in [-0.3, -0.25) is 19.4 Å². The van der Waals surface area contributed by atoms with Crippen molar-refractivity contribution in [3.8, 4) is 0 Å². The number of rotatable bonds is 4. The fraction of sp³-hybridized carbons (Fsp3) is 0.722. The lowest BCUT2D eigenvalue weighted by Crippen LogP contribution is -2.44. The van der Waals surface area contributed by atoms with E-state index >= 15 is 0 Å².